The first-order valence-electron chi connectivity index (χ1n) is 6.06. The number of halogens is 1. The number of fused-ring (bicyclic) bond motifs is 1. The summed E-state index contributed by atoms with van der Waals surface area (Å²) < 4.78 is 0. The van der Waals surface area contributed by atoms with Gasteiger partial charge in [0.1, 0.15) is 5.52 Å². The van der Waals surface area contributed by atoms with Gasteiger partial charge in [-0.2, -0.15) is 9.97 Å². The summed E-state index contributed by atoms with van der Waals surface area (Å²) in [5, 5.41) is 0.149. The van der Waals surface area contributed by atoms with Crippen LogP contribution >= 0.6 is 11.6 Å². The van der Waals surface area contributed by atoms with Gasteiger partial charge in [-0.25, -0.2) is 4.98 Å². The van der Waals surface area contributed by atoms with Gasteiger partial charge < -0.3 is 15.6 Å². The number of piperidine rings is 1. The van der Waals surface area contributed by atoms with E-state index in [2.05, 4.69) is 19.9 Å². The molecule has 2 aromatic rings. The topological polar surface area (TPSA) is 101 Å². The first kappa shape index (κ1) is 12.2. The number of hydrogen-bond donors (Lipinski definition) is 2. The number of imidazole rings is 1. The third-order valence-corrected chi connectivity index (χ3v) is 3.53. The molecule has 8 heteroatoms. The predicted octanol–water partition coefficient (Wildman–Crippen LogP) is 0.708. The highest BCUT2D eigenvalue weighted by molar-refractivity contribution is 6.28. The van der Waals surface area contributed by atoms with E-state index in [0.29, 0.717) is 18.0 Å². The lowest BCUT2D eigenvalue weighted by atomic mass is 9.97. The highest BCUT2D eigenvalue weighted by atomic mass is 35.5. The van der Waals surface area contributed by atoms with Crippen LogP contribution in [0.5, 0.6) is 0 Å². The summed E-state index contributed by atoms with van der Waals surface area (Å²) in [6.45, 7) is 1.36. The van der Waals surface area contributed by atoms with Crippen molar-refractivity contribution >= 4 is 34.5 Å². The van der Waals surface area contributed by atoms with Crippen LogP contribution < -0.4 is 10.6 Å². The number of H-pyrrole nitrogens is 1. The normalized spacial score (nSPS) is 19.8. The molecule has 19 heavy (non-hydrogen) atoms. The maximum Gasteiger partial charge on any atom is 0.226 e. The highest BCUT2D eigenvalue weighted by Gasteiger charge is 2.26. The Hall–Kier alpha value is -1.89. The molecule has 1 atom stereocenters. The first-order chi connectivity index (χ1) is 9.15. The van der Waals surface area contributed by atoms with Gasteiger partial charge in [0.2, 0.25) is 11.2 Å². The van der Waals surface area contributed by atoms with Crippen molar-refractivity contribution in [1.29, 1.82) is 0 Å². The molecule has 1 unspecified atom stereocenters. The van der Waals surface area contributed by atoms with Crippen LogP contribution in [0.2, 0.25) is 5.28 Å². The third kappa shape index (κ3) is 2.21. The predicted molar refractivity (Wildman–Crippen MR) is 70.8 cm³/mol. The zero-order valence-corrected chi connectivity index (χ0v) is 10.9. The van der Waals surface area contributed by atoms with E-state index in [1.54, 1.807) is 6.33 Å². The molecule has 3 N–H and O–H groups in total. The standard InChI is InChI=1S/C11H13ClN6O/c12-11-16-9-7(14-5-15-9)10(17-11)18-3-1-2-6(4-18)8(13)19/h5-6H,1-4H2,(H2,13,19)(H,14,15,16,17). The van der Waals surface area contributed by atoms with Crippen LogP contribution in [0.3, 0.4) is 0 Å². The fourth-order valence-corrected chi connectivity index (χ4v) is 2.58. The van der Waals surface area contributed by atoms with Crippen LogP contribution in [0.1, 0.15) is 12.8 Å². The van der Waals surface area contributed by atoms with Gasteiger partial charge in [0.15, 0.2) is 11.5 Å². The summed E-state index contributed by atoms with van der Waals surface area (Å²) in [7, 11) is 0. The average molecular weight is 281 g/mol. The molecule has 3 heterocycles. The Kier molecular flexibility index (Phi) is 2.98. The number of nitrogens with two attached hydrogens (primary N) is 1. The number of hydrogen-bond acceptors (Lipinski definition) is 5. The second-order valence-electron chi connectivity index (χ2n) is 4.60. The molecule has 0 radical (unpaired) electrons. The summed E-state index contributed by atoms with van der Waals surface area (Å²) in [6, 6.07) is 0. The summed E-state index contributed by atoms with van der Waals surface area (Å²) in [6.07, 6.45) is 3.26. The van der Waals surface area contributed by atoms with Gasteiger partial charge in [0, 0.05) is 13.1 Å². The zero-order valence-electron chi connectivity index (χ0n) is 10.1. The number of primary amides is 1. The maximum atomic E-state index is 11.3. The monoisotopic (exact) mass is 280 g/mol. The van der Waals surface area contributed by atoms with Crippen molar-refractivity contribution in [3.63, 3.8) is 0 Å². The Bertz CT molecular complexity index is 627. The van der Waals surface area contributed by atoms with E-state index in [1.165, 1.54) is 0 Å². The summed E-state index contributed by atoms with van der Waals surface area (Å²) in [5.41, 5.74) is 6.64. The zero-order chi connectivity index (χ0) is 13.4. The van der Waals surface area contributed by atoms with E-state index < -0.39 is 0 Å². The second-order valence-corrected chi connectivity index (χ2v) is 4.94. The highest BCUT2D eigenvalue weighted by Crippen LogP contribution is 2.27. The molecule has 3 rings (SSSR count). The molecular formula is C11H13ClN6O. The minimum Gasteiger partial charge on any atom is -0.369 e. The number of aromatic amines is 1. The van der Waals surface area contributed by atoms with Gasteiger partial charge >= 0.3 is 0 Å². The smallest absolute Gasteiger partial charge is 0.226 e. The molecule has 0 aromatic carbocycles. The van der Waals surface area contributed by atoms with Crippen molar-refractivity contribution in [2.24, 2.45) is 11.7 Å². The van der Waals surface area contributed by atoms with Crippen molar-refractivity contribution in [3.05, 3.63) is 11.6 Å². The van der Waals surface area contributed by atoms with Crippen LogP contribution in [-0.4, -0.2) is 38.9 Å². The molecule has 2 aromatic heterocycles. The van der Waals surface area contributed by atoms with Gasteiger partial charge in [-0.15, -0.1) is 0 Å². The molecule has 0 bridgehead atoms. The Morgan fingerprint density at radius 2 is 2.37 bits per heavy atom. The molecule has 0 saturated carbocycles. The van der Waals surface area contributed by atoms with Crippen molar-refractivity contribution < 1.29 is 4.79 Å². The Morgan fingerprint density at radius 3 is 3.16 bits per heavy atom. The molecule has 0 aliphatic carbocycles. The van der Waals surface area contributed by atoms with E-state index in [1.807, 2.05) is 4.90 Å². The molecule has 1 fully saturated rings. The lowest BCUT2D eigenvalue weighted by molar-refractivity contribution is -0.122. The summed E-state index contributed by atoms with van der Waals surface area (Å²) >= 11 is 5.90. The Morgan fingerprint density at radius 1 is 1.53 bits per heavy atom. The number of rotatable bonds is 2. The van der Waals surface area contributed by atoms with Crippen LogP contribution in [0.25, 0.3) is 11.2 Å². The number of anilines is 1. The lowest BCUT2D eigenvalue weighted by Crippen LogP contribution is -2.41. The molecule has 7 nitrogen and oxygen atoms in total. The second kappa shape index (κ2) is 4.65. The van der Waals surface area contributed by atoms with E-state index in [-0.39, 0.29) is 17.1 Å². The van der Waals surface area contributed by atoms with Crippen LogP contribution in [0.4, 0.5) is 5.82 Å². The van der Waals surface area contributed by atoms with Crippen LogP contribution in [-0.2, 0) is 4.79 Å². The van der Waals surface area contributed by atoms with Gasteiger partial charge in [-0.05, 0) is 24.4 Å². The summed E-state index contributed by atoms with van der Waals surface area (Å²) in [5.74, 6) is 0.254. The molecule has 1 saturated heterocycles. The van der Waals surface area contributed by atoms with Crippen molar-refractivity contribution in [2.75, 3.05) is 18.0 Å². The number of carbonyl (C=O) groups is 1. The van der Waals surface area contributed by atoms with Crippen LogP contribution in [0.15, 0.2) is 6.33 Å². The van der Waals surface area contributed by atoms with E-state index in [0.717, 1.165) is 24.9 Å². The number of aromatic nitrogens is 4. The fraction of sp³-hybridized carbons (Fsp3) is 0.455. The molecular weight excluding hydrogens is 268 g/mol. The minimum atomic E-state index is -0.272. The molecule has 0 spiro atoms. The number of nitrogens with one attached hydrogen (secondary N) is 1. The van der Waals surface area contributed by atoms with Gasteiger partial charge in [0.05, 0.1) is 12.2 Å². The molecule has 100 valence electrons. The average Bonchev–Trinajstić information content (AvgIpc) is 2.85. The third-order valence-electron chi connectivity index (χ3n) is 3.36. The lowest BCUT2D eigenvalue weighted by Gasteiger charge is -2.32. The first-order valence-corrected chi connectivity index (χ1v) is 6.44. The minimum absolute atomic E-state index is 0.149. The van der Waals surface area contributed by atoms with E-state index in [4.69, 9.17) is 17.3 Å². The largest absolute Gasteiger partial charge is 0.369 e. The SMILES string of the molecule is NC(=O)C1CCCN(c2nc(Cl)nc3nc[nH]c23)C1. The fourth-order valence-electron chi connectivity index (χ4n) is 2.42. The Labute approximate surface area is 114 Å². The van der Waals surface area contributed by atoms with E-state index >= 15 is 0 Å². The van der Waals surface area contributed by atoms with Gasteiger partial charge in [0.25, 0.3) is 0 Å². The molecule has 1 aliphatic heterocycles. The van der Waals surface area contributed by atoms with Crippen molar-refractivity contribution in [1.82, 2.24) is 19.9 Å². The van der Waals surface area contributed by atoms with Crippen LogP contribution in [0, 0.1) is 5.92 Å². The summed E-state index contributed by atoms with van der Waals surface area (Å²) in [4.78, 5) is 28.7. The van der Waals surface area contributed by atoms with Crippen molar-refractivity contribution in [2.45, 2.75) is 12.8 Å². The van der Waals surface area contributed by atoms with Gasteiger partial charge in [-0.1, -0.05) is 0 Å². The molecule has 1 amide bonds. The quantitative estimate of drug-likeness (QED) is 0.789. The van der Waals surface area contributed by atoms with Gasteiger partial charge in [-0.3, -0.25) is 4.79 Å². The maximum absolute atomic E-state index is 11.3. The van der Waals surface area contributed by atoms with E-state index in [9.17, 15) is 4.79 Å². The number of carbonyl (C=O) groups excluding carboxylic acids is 1. The Balaban J connectivity index is 1.99. The molecule has 1 aliphatic rings. The number of amides is 1. The van der Waals surface area contributed by atoms with Crippen molar-refractivity contribution in [3.8, 4) is 0 Å². The number of nitrogens with zero attached hydrogens (tertiary/aromatic N) is 4.